The van der Waals surface area contributed by atoms with Gasteiger partial charge >= 0.3 is 0 Å². The lowest BCUT2D eigenvalue weighted by Crippen LogP contribution is -2.55. The standard InChI is InChI=1S/C20H29N3O3S/c1-27-14-20(24)23-6-2-3-17(13-23)22-9-7-21(8-10-22)12-16-4-5-18-19(11-16)26-15-25-18/h4-5,11,17H,2-3,6-10,12-15H2,1H3/t17-/m0/s1. The van der Waals surface area contributed by atoms with Crippen molar-refractivity contribution in [2.24, 2.45) is 0 Å². The average Bonchev–Trinajstić information content (AvgIpc) is 3.17. The van der Waals surface area contributed by atoms with E-state index in [2.05, 4.69) is 26.8 Å². The molecule has 1 aromatic carbocycles. The van der Waals surface area contributed by atoms with Crippen molar-refractivity contribution in [3.05, 3.63) is 23.8 Å². The normalized spacial score (nSPS) is 23.6. The van der Waals surface area contributed by atoms with Crippen molar-refractivity contribution in [2.45, 2.75) is 25.4 Å². The van der Waals surface area contributed by atoms with Crippen LogP contribution in [0.15, 0.2) is 18.2 Å². The average molecular weight is 392 g/mol. The van der Waals surface area contributed by atoms with Crippen LogP contribution in [0, 0.1) is 0 Å². The molecule has 0 unspecified atom stereocenters. The van der Waals surface area contributed by atoms with Crippen LogP contribution in [-0.4, -0.2) is 84.7 Å². The van der Waals surface area contributed by atoms with Crippen molar-refractivity contribution in [2.75, 3.05) is 58.1 Å². The predicted molar refractivity (Wildman–Crippen MR) is 107 cm³/mol. The lowest BCUT2D eigenvalue weighted by Gasteiger charge is -2.43. The van der Waals surface area contributed by atoms with E-state index < -0.39 is 0 Å². The molecule has 0 saturated carbocycles. The molecule has 148 valence electrons. The molecule has 1 aromatic rings. The maximum atomic E-state index is 12.2. The van der Waals surface area contributed by atoms with Gasteiger partial charge in [0.25, 0.3) is 0 Å². The molecule has 3 heterocycles. The monoisotopic (exact) mass is 391 g/mol. The Kier molecular flexibility index (Phi) is 6.10. The minimum absolute atomic E-state index is 0.300. The molecule has 6 nitrogen and oxygen atoms in total. The van der Waals surface area contributed by atoms with E-state index in [4.69, 9.17) is 9.47 Å². The molecular weight excluding hydrogens is 362 g/mol. The molecule has 4 rings (SSSR count). The number of amides is 1. The zero-order valence-corrected chi connectivity index (χ0v) is 16.9. The fraction of sp³-hybridized carbons (Fsp3) is 0.650. The first kappa shape index (κ1) is 18.9. The van der Waals surface area contributed by atoms with Crippen LogP contribution >= 0.6 is 11.8 Å². The van der Waals surface area contributed by atoms with Gasteiger partial charge < -0.3 is 14.4 Å². The van der Waals surface area contributed by atoms with E-state index in [0.29, 0.717) is 24.5 Å². The van der Waals surface area contributed by atoms with Gasteiger partial charge in [-0.3, -0.25) is 14.6 Å². The van der Waals surface area contributed by atoms with Crippen LogP contribution in [-0.2, 0) is 11.3 Å². The number of ether oxygens (including phenoxy) is 2. The molecule has 2 fully saturated rings. The lowest BCUT2D eigenvalue weighted by atomic mass is 10.0. The SMILES string of the molecule is CSCC(=O)N1CCC[C@H](N2CCN(Cc3ccc4c(c3)OCO4)CC2)C1. The summed E-state index contributed by atoms with van der Waals surface area (Å²) in [4.78, 5) is 19.4. The van der Waals surface area contributed by atoms with Crippen LogP contribution in [0.4, 0.5) is 0 Å². The van der Waals surface area contributed by atoms with Gasteiger partial charge in [0.05, 0.1) is 5.75 Å². The van der Waals surface area contributed by atoms with Crippen LogP contribution in [0.2, 0.25) is 0 Å². The molecule has 0 N–H and O–H groups in total. The van der Waals surface area contributed by atoms with Gasteiger partial charge in [0.15, 0.2) is 11.5 Å². The van der Waals surface area contributed by atoms with Crippen molar-refractivity contribution in [3.63, 3.8) is 0 Å². The van der Waals surface area contributed by atoms with Gasteiger partial charge in [0, 0.05) is 51.9 Å². The molecule has 3 aliphatic rings. The number of carbonyl (C=O) groups is 1. The number of benzene rings is 1. The summed E-state index contributed by atoms with van der Waals surface area (Å²) in [6.45, 7) is 7.43. The summed E-state index contributed by atoms with van der Waals surface area (Å²) in [5, 5.41) is 0. The second kappa shape index (κ2) is 8.71. The van der Waals surface area contributed by atoms with E-state index in [1.807, 2.05) is 12.3 Å². The van der Waals surface area contributed by atoms with Crippen LogP contribution < -0.4 is 9.47 Å². The fourth-order valence-corrected chi connectivity index (χ4v) is 4.71. The molecular formula is C20H29N3O3S. The maximum Gasteiger partial charge on any atom is 0.232 e. The highest BCUT2D eigenvalue weighted by Gasteiger charge is 2.29. The number of piperidine rings is 1. The molecule has 27 heavy (non-hydrogen) atoms. The molecule has 0 radical (unpaired) electrons. The Morgan fingerprint density at radius 3 is 2.78 bits per heavy atom. The minimum atomic E-state index is 0.300. The summed E-state index contributed by atoms with van der Waals surface area (Å²) in [7, 11) is 0. The summed E-state index contributed by atoms with van der Waals surface area (Å²) in [6.07, 6.45) is 4.34. The zero-order chi connectivity index (χ0) is 18.6. The second-order valence-corrected chi connectivity index (χ2v) is 8.43. The molecule has 0 bridgehead atoms. The summed E-state index contributed by atoms with van der Waals surface area (Å²) < 4.78 is 10.9. The zero-order valence-electron chi connectivity index (χ0n) is 16.1. The molecule has 0 aliphatic carbocycles. The van der Waals surface area contributed by atoms with Crippen molar-refractivity contribution >= 4 is 17.7 Å². The van der Waals surface area contributed by atoms with E-state index in [9.17, 15) is 4.79 Å². The Labute approximate surface area is 165 Å². The third kappa shape index (κ3) is 4.52. The number of piperazine rings is 1. The second-order valence-electron chi connectivity index (χ2n) is 7.57. The quantitative estimate of drug-likeness (QED) is 0.764. The highest BCUT2D eigenvalue weighted by molar-refractivity contribution is 7.99. The third-order valence-corrected chi connectivity index (χ3v) is 6.32. The van der Waals surface area contributed by atoms with Crippen molar-refractivity contribution in [1.29, 1.82) is 0 Å². The molecule has 1 amide bonds. The third-order valence-electron chi connectivity index (χ3n) is 5.78. The Morgan fingerprint density at radius 2 is 1.96 bits per heavy atom. The molecule has 2 saturated heterocycles. The van der Waals surface area contributed by atoms with Crippen molar-refractivity contribution in [3.8, 4) is 11.5 Å². The molecule has 1 atom stereocenters. The summed E-state index contributed by atoms with van der Waals surface area (Å²) in [6, 6.07) is 6.77. The van der Waals surface area contributed by atoms with Gasteiger partial charge in [-0.25, -0.2) is 0 Å². The van der Waals surface area contributed by atoms with Gasteiger partial charge in [0.1, 0.15) is 0 Å². The summed E-state index contributed by atoms with van der Waals surface area (Å²) in [5.41, 5.74) is 1.28. The van der Waals surface area contributed by atoms with Crippen molar-refractivity contribution < 1.29 is 14.3 Å². The van der Waals surface area contributed by atoms with E-state index in [1.165, 1.54) is 12.0 Å². The Morgan fingerprint density at radius 1 is 1.15 bits per heavy atom. The van der Waals surface area contributed by atoms with E-state index in [-0.39, 0.29) is 0 Å². The number of thioether (sulfide) groups is 1. The van der Waals surface area contributed by atoms with Gasteiger partial charge in [-0.1, -0.05) is 6.07 Å². The van der Waals surface area contributed by atoms with Crippen LogP contribution in [0.25, 0.3) is 0 Å². The number of hydrogen-bond acceptors (Lipinski definition) is 6. The first-order valence-corrected chi connectivity index (χ1v) is 11.2. The largest absolute Gasteiger partial charge is 0.454 e. The molecule has 0 aromatic heterocycles. The molecule has 7 heteroatoms. The van der Waals surface area contributed by atoms with Gasteiger partial charge in [-0.15, -0.1) is 0 Å². The van der Waals surface area contributed by atoms with Gasteiger partial charge in [-0.2, -0.15) is 11.8 Å². The predicted octanol–water partition coefficient (Wildman–Crippen LogP) is 1.89. The summed E-state index contributed by atoms with van der Waals surface area (Å²) in [5.74, 6) is 2.62. The number of hydrogen-bond donors (Lipinski definition) is 0. The maximum absolute atomic E-state index is 12.2. The van der Waals surface area contributed by atoms with Crippen molar-refractivity contribution in [1.82, 2.24) is 14.7 Å². The van der Waals surface area contributed by atoms with Gasteiger partial charge in [0.2, 0.25) is 12.7 Å². The number of fused-ring (bicyclic) bond motifs is 1. The Hall–Kier alpha value is -1.44. The first-order valence-electron chi connectivity index (χ1n) is 9.84. The van der Waals surface area contributed by atoms with E-state index in [0.717, 1.165) is 63.7 Å². The lowest BCUT2D eigenvalue weighted by molar-refractivity contribution is -0.130. The minimum Gasteiger partial charge on any atom is -0.454 e. The Bertz CT molecular complexity index is 664. The molecule has 0 spiro atoms. The first-order chi connectivity index (χ1) is 13.2. The fourth-order valence-electron chi connectivity index (χ4n) is 4.28. The number of likely N-dealkylation sites (tertiary alicyclic amines) is 1. The highest BCUT2D eigenvalue weighted by atomic mass is 32.2. The van der Waals surface area contributed by atoms with Crippen LogP contribution in [0.1, 0.15) is 18.4 Å². The van der Waals surface area contributed by atoms with Crippen LogP contribution in [0.3, 0.4) is 0 Å². The van der Waals surface area contributed by atoms with E-state index >= 15 is 0 Å². The van der Waals surface area contributed by atoms with Gasteiger partial charge in [-0.05, 0) is 36.8 Å². The van der Waals surface area contributed by atoms with Crippen LogP contribution in [0.5, 0.6) is 11.5 Å². The smallest absolute Gasteiger partial charge is 0.232 e. The number of carbonyl (C=O) groups excluding carboxylic acids is 1. The highest BCUT2D eigenvalue weighted by Crippen LogP contribution is 2.33. The topological polar surface area (TPSA) is 45.3 Å². The number of rotatable bonds is 5. The number of nitrogens with zero attached hydrogens (tertiary/aromatic N) is 3. The molecule has 3 aliphatic heterocycles. The Balaban J connectivity index is 1.27. The summed E-state index contributed by atoms with van der Waals surface area (Å²) >= 11 is 1.62. The van der Waals surface area contributed by atoms with E-state index in [1.54, 1.807) is 11.8 Å².